The van der Waals surface area contributed by atoms with Crippen LogP contribution in [-0.2, 0) is 0 Å². The molecule has 1 aliphatic rings. The Kier molecular flexibility index (Phi) is 6.33. The van der Waals surface area contributed by atoms with E-state index >= 15 is 0 Å². The van der Waals surface area contributed by atoms with Crippen molar-refractivity contribution in [2.45, 2.75) is 32.1 Å². The van der Waals surface area contributed by atoms with E-state index in [4.69, 9.17) is 5.11 Å². The van der Waals surface area contributed by atoms with Crippen molar-refractivity contribution in [2.75, 3.05) is 26.2 Å². The van der Waals surface area contributed by atoms with Crippen molar-refractivity contribution in [1.82, 2.24) is 4.90 Å². The number of nitrogens with zero attached hydrogens (tertiary/aromatic N) is 1. The average molecular weight is 293 g/mol. The van der Waals surface area contributed by atoms with Crippen LogP contribution in [0.15, 0.2) is 24.3 Å². The summed E-state index contributed by atoms with van der Waals surface area (Å²) < 4.78 is 12.8. The molecular weight excluding hydrogens is 269 g/mol. The second kappa shape index (κ2) is 8.25. The predicted octanol–water partition coefficient (Wildman–Crippen LogP) is 2.88. The van der Waals surface area contributed by atoms with Gasteiger partial charge in [0.05, 0.1) is 0 Å². The lowest BCUT2D eigenvalue weighted by molar-refractivity contribution is 0.0966. The number of hydrogen-bond donors (Lipinski definition) is 1. The number of carbonyl (C=O) groups excluding carboxylic acids is 1. The monoisotopic (exact) mass is 293 g/mol. The molecule has 0 aromatic heterocycles. The molecule has 1 heterocycles. The van der Waals surface area contributed by atoms with Crippen molar-refractivity contribution in [1.29, 1.82) is 0 Å². The van der Waals surface area contributed by atoms with Gasteiger partial charge in [0.25, 0.3) is 0 Å². The van der Waals surface area contributed by atoms with Crippen LogP contribution in [0.3, 0.4) is 0 Å². The molecule has 0 spiro atoms. The lowest BCUT2D eigenvalue weighted by atomic mass is 9.95. The van der Waals surface area contributed by atoms with Gasteiger partial charge in [0.1, 0.15) is 5.82 Å². The Bertz CT molecular complexity index is 445. The molecule has 3 nitrogen and oxygen atoms in total. The number of Topliss-reactive ketones (excluding diaryl/α,β-unsaturated/α-hetero) is 1. The standard InChI is InChI=1S/C17H24FNO2/c18-16-7-5-15(6-8-16)17(21)4-2-11-19-10-1-3-14(13-19)9-12-20/h5-8,14,20H,1-4,9-13H2. The van der Waals surface area contributed by atoms with E-state index in [1.54, 1.807) is 12.1 Å². The Hall–Kier alpha value is -1.26. The summed E-state index contributed by atoms with van der Waals surface area (Å²) in [5.41, 5.74) is 0.591. The number of likely N-dealkylation sites (tertiary alicyclic amines) is 1. The highest BCUT2D eigenvalue weighted by Gasteiger charge is 2.19. The summed E-state index contributed by atoms with van der Waals surface area (Å²) in [6.45, 7) is 3.31. The van der Waals surface area contributed by atoms with Crippen molar-refractivity contribution in [3.63, 3.8) is 0 Å². The van der Waals surface area contributed by atoms with Crippen LogP contribution in [0.25, 0.3) is 0 Å². The van der Waals surface area contributed by atoms with Crippen molar-refractivity contribution in [2.24, 2.45) is 5.92 Å². The van der Waals surface area contributed by atoms with E-state index in [1.165, 1.54) is 25.0 Å². The van der Waals surface area contributed by atoms with E-state index in [1.807, 2.05) is 0 Å². The van der Waals surface area contributed by atoms with Crippen LogP contribution in [0.2, 0.25) is 0 Å². The summed E-state index contributed by atoms with van der Waals surface area (Å²) in [5.74, 6) is 0.366. The van der Waals surface area contributed by atoms with Crippen LogP contribution in [-0.4, -0.2) is 42.0 Å². The van der Waals surface area contributed by atoms with Crippen LogP contribution >= 0.6 is 0 Å². The highest BCUT2D eigenvalue weighted by atomic mass is 19.1. The fourth-order valence-corrected chi connectivity index (χ4v) is 3.02. The maximum absolute atomic E-state index is 12.8. The second-order valence-corrected chi connectivity index (χ2v) is 5.85. The van der Waals surface area contributed by atoms with Gasteiger partial charge >= 0.3 is 0 Å². The SMILES string of the molecule is O=C(CCCN1CCCC(CCO)C1)c1ccc(F)cc1. The maximum atomic E-state index is 12.8. The molecule has 1 N–H and O–H groups in total. The van der Waals surface area contributed by atoms with E-state index in [0.29, 0.717) is 17.9 Å². The quantitative estimate of drug-likeness (QED) is 0.786. The number of benzene rings is 1. The van der Waals surface area contributed by atoms with Gasteiger partial charge in [-0.25, -0.2) is 4.39 Å². The van der Waals surface area contributed by atoms with Gasteiger partial charge in [0, 0.05) is 25.1 Å². The highest BCUT2D eigenvalue weighted by molar-refractivity contribution is 5.95. The van der Waals surface area contributed by atoms with Crippen molar-refractivity contribution in [3.8, 4) is 0 Å². The highest BCUT2D eigenvalue weighted by Crippen LogP contribution is 2.19. The topological polar surface area (TPSA) is 40.5 Å². The van der Waals surface area contributed by atoms with Crippen LogP contribution in [0.5, 0.6) is 0 Å². The third kappa shape index (κ3) is 5.21. The summed E-state index contributed by atoms with van der Waals surface area (Å²) in [6, 6.07) is 5.76. The number of rotatable bonds is 7. The molecule has 1 fully saturated rings. The smallest absolute Gasteiger partial charge is 0.162 e. The van der Waals surface area contributed by atoms with Crippen molar-refractivity contribution in [3.05, 3.63) is 35.6 Å². The molecule has 1 unspecified atom stereocenters. The molecule has 0 amide bonds. The van der Waals surface area contributed by atoms with E-state index in [9.17, 15) is 9.18 Å². The Morgan fingerprint density at radius 1 is 1.33 bits per heavy atom. The van der Waals surface area contributed by atoms with Crippen LogP contribution < -0.4 is 0 Å². The van der Waals surface area contributed by atoms with Gasteiger partial charge in [-0.2, -0.15) is 0 Å². The molecule has 4 heteroatoms. The first-order chi connectivity index (χ1) is 10.2. The van der Waals surface area contributed by atoms with E-state index < -0.39 is 0 Å². The minimum atomic E-state index is -0.310. The normalized spacial score (nSPS) is 19.6. The first-order valence-corrected chi connectivity index (χ1v) is 7.81. The molecule has 1 aromatic carbocycles. The molecule has 1 saturated heterocycles. The third-order valence-electron chi connectivity index (χ3n) is 4.18. The lowest BCUT2D eigenvalue weighted by Gasteiger charge is -2.32. The largest absolute Gasteiger partial charge is 0.396 e. The Balaban J connectivity index is 1.71. The number of halogens is 1. The molecule has 0 radical (unpaired) electrons. The van der Waals surface area contributed by atoms with Gasteiger partial charge in [-0.1, -0.05) is 0 Å². The maximum Gasteiger partial charge on any atom is 0.162 e. The second-order valence-electron chi connectivity index (χ2n) is 5.85. The van der Waals surface area contributed by atoms with Gasteiger partial charge < -0.3 is 10.0 Å². The van der Waals surface area contributed by atoms with Crippen molar-refractivity contribution >= 4 is 5.78 Å². The molecule has 0 bridgehead atoms. The molecule has 1 aliphatic heterocycles. The Labute approximate surface area is 125 Å². The zero-order valence-corrected chi connectivity index (χ0v) is 12.4. The van der Waals surface area contributed by atoms with Crippen LogP contribution in [0.1, 0.15) is 42.5 Å². The molecule has 1 aromatic rings. The summed E-state index contributed by atoms with van der Waals surface area (Å²) in [6.07, 6.45) is 4.60. The number of hydrogen-bond acceptors (Lipinski definition) is 3. The molecule has 0 aliphatic carbocycles. The van der Waals surface area contributed by atoms with Gasteiger partial charge in [-0.3, -0.25) is 4.79 Å². The number of aliphatic hydroxyl groups is 1. The zero-order chi connectivity index (χ0) is 15.1. The van der Waals surface area contributed by atoms with Crippen LogP contribution in [0, 0.1) is 11.7 Å². The average Bonchev–Trinajstić information content (AvgIpc) is 2.48. The van der Waals surface area contributed by atoms with Gasteiger partial charge in [0.2, 0.25) is 0 Å². The van der Waals surface area contributed by atoms with Gasteiger partial charge in [-0.05, 0) is 69.0 Å². The third-order valence-corrected chi connectivity index (χ3v) is 4.18. The van der Waals surface area contributed by atoms with Crippen LogP contribution in [0.4, 0.5) is 4.39 Å². The summed E-state index contributed by atoms with van der Waals surface area (Å²) >= 11 is 0. The van der Waals surface area contributed by atoms with E-state index in [0.717, 1.165) is 32.5 Å². The Morgan fingerprint density at radius 2 is 2.10 bits per heavy atom. The first kappa shape index (κ1) is 16.1. The number of piperidine rings is 1. The predicted molar refractivity (Wildman–Crippen MR) is 80.8 cm³/mol. The number of ketones is 1. The zero-order valence-electron chi connectivity index (χ0n) is 12.4. The fraction of sp³-hybridized carbons (Fsp3) is 0.588. The molecule has 2 rings (SSSR count). The van der Waals surface area contributed by atoms with Crippen molar-refractivity contribution < 1.29 is 14.3 Å². The molecule has 1 atom stereocenters. The summed E-state index contributed by atoms with van der Waals surface area (Å²) in [4.78, 5) is 14.4. The number of aliphatic hydroxyl groups excluding tert-OH is 1. The number of carbonyl (C=O) groups is 1. The van der Waals surface area contributed by atoms with Gasteiger partial charge in [-0.15, -0.1) is 0 Å². The minimum absolute atomic E-state index is 0.0823. The molecular formula is C17H24FNO2. The minimum Gasteiger partial charge on any atom is -0.396 e. The molecule has 0 saturated carbocycles. The molecule has 21 heavy (non-hydrogen) atoms. The lowest BCUT2D eigenvalue weighted by Crippen LogP contribution is -2.36. The Morgan fingerprint density at radius 3 is 2.81 bits per heavy atom. The van der Waals surface area contributed by atoms with E-state index in [-0.39, 0.29) is 18.2 Å². The molecule has 116 valence electrons. The fourth-order valence-electron chi connectivity index (χ4n) is 3.02. The summed E-state index contributed by atoms with van der Waals surface area (Å²) in [7, 11) is 0. The first-order valence-electron chi connectivity index (χ1n) is 7.81. The van der Waals surface area contributed by atoms with E-state index in [2.05, 4.69) is 4.90 Å². The summed E-state index contributed by atoms with van der Waals surface area (Å²) in [5, 5.41) is 9.01. The van der Waals surface area contributed by atoms with Gasteiger partial charge in [0.15, 0.2) is 5.78 Å².